The summed E-state index contributed by atoms with van der Waals surface area (Å²) in [5.41, 5.74) is 0.464. The van der Waals surface area contributed by atoms with Crippen LogP contribution in [0, 0.1) is 0 Å². The van der Waals surface area contributed by atoms with Crippen molar-refractivity contribution in [2.45, 2.75) is 45.2 Å². The van der Waals surface area contributed by atoms with Crippen LogP contribution in [-0.2, 0) is 6.54 Å². The van der Waals surface area contributed by atoms with Gasteiger partial charge in [0.05, 0.1) is 6.54 Å². The fraction of sp³-hybridized carbons (Fsp3) is 0.800. The predicted octanol–water partition coefficient (Wildman–Crippen LogP) is 1.51. The first-order chi connectivity index (χ1) is 13.2. The Labute approximate surface area is 162 Å². The molecule has 3 fully saturated rings. The van der Waals surface area contributed by atoms with Gasteiger partial charge in [0.25, 0.3) is 5.91 Å². The topological polar surface area (TPSA) is 56.1 Å². The van der Waals surface area contributed by atoms with Crippen LogP contribution in [0.25, 0.3) is 0 Å². The van der Waals surface area contributed by atoms with E-state index in [0.29, 0.717) is 5.69 Å². The van der Waals surface area contributed by atoms with Crippen molar-refractivity contribution in [1.29, 1.82) is 0 Å². The highest BCUT2D eigenvalue weighted by Crippen LogP contribution is 2.24. The lowest BCUT2D eigenvalue weighted by Gasteiger charge is -2.37. The minimum atomic E-state index is 0.0203. The van der Waals surface area contributed by atoms with E-state index in [2.05, 4.69) is 26.8 Å². The molecule has 1 amide bonds. The molecular weight excluding hydrogens is 342 g/mol. The number of likely N-dealkylation sites (N-methyl/N-ethyl adjacent to an activating group) is 1. The zero-order valence-electron chi connectivity index (χ0n) is 16.6. The summed E-state index contributed by atoms with van der Waals surface area (Å²) >= 11 is 0. The molecule has 1 aliphatic carbocycles. The molecular formula is C20H33N5O2. The van der Waals surface area contributed by atoms with E-state index in [4.69, 9.17) is 4.52 Å². The van der Waals surface area contributed by atoms with E-state index in [-0.39, 0.29) is 5.91 Å². The maximum Gasteiger partial charge on any atom is 0.276 e. The molecule has 0 atom stereocenters. The maximum absolute atomic E-state index is 12.8. The molecule has 0 aromatic carbocycles. The second-order valence-corrected chi connectivity index (χ2v) is 8.16. The third kappa shape index (κ3) is 4.52. The van der Waals surface area contributed by atoms with Gasteiger partial charge in [-0.1, -0.05) is 24.9 Å². The van der Waals surface area contributed by atoms with Crippen LogP contribution in [0.15, 0.2) is 10.6 Å². The Bertz CT molecular complexity index is 612. The van der Waals surface area contributed by atoms with Gasteiger partial charge in [0.15, 0.2) is 11.5 Å². The van der Waals surface area contributed by atoms with Crippen LogP contribution in [0.1, 0.15) is 48.9 Å². The number of hydrogen-bond donors (Lipinski definition) is 0. The lowest BCUT2D eigenvalue weighted by Crippen LogP contribution is -2.51. The van der Waals surface area contributed by atoms with E-state index in [1.165, 1.54) is 25.7 Å². The average molecular weight is 376 g/mol. The molecule has 7 nitrogen and oxygen atoms in total. The molecule has 1 aromatic rings. The van der Waals surface area contributed by atoms with Gasteiger partial charge in [-0.15, -0.1) is 0 Å². The van der Waals surface area contributed by atoms with Crippen molar-refractivity contribution < 1.29 is 9.32 Å². The predicted molar refractivity (Wildman–Crippen MR) is 104 cm³/mol. The molecule has 0 bridgehead atoms. The van der Waals surface area contributed by atoms with Gasteiger partial charge < -0.3 is 14.3 Å². The number of piperazine rings is 2. The molecule has 150 valence electrons. The monoisotopic (exact) mass is 375 g/mol. The molecule has 1 aromatic heterocycles. The molecule has 1 saturated carbocycles. The van der Waals surface area contributed by atoms with Crippen molar-refractivity contribution in [3.8, 4) is 0 Å². The summed E-state index contributed by atoms with van der Waals surface area (Å²) in [6, 6.07) is 2.59. The van der Waals surface area contributed by atoms with Crippen molar-refractivity contribution in [2.24, 2.45) is 0 Å². The third-order valence-electron chi connectivity index (χ3n) is 6.51. The summed E-state index contributed by atoms with van der Waals surface area (Å²) in [6.45, 7) is 11.9. The summed E-state index contributed by atoms with van der Waals surface area (Å²) in [6.07, 6.45) is 5.37. The van der Waals surface area contributed by atoms with E-state index in [1.54, 1.807) is 0 Å². The molecule has 3 aliphatic rings. The lowest BCUT2D eigenvalue weighted by atomic mass is 10.1. The van der Waals surface area contributed by atoms with Crippen molar-refractivity contribution in [3.05, 3.63) is 17.5 Å². The van der Waals surface area contributed by atoms with Gasteiger partial charge in [-0.25, -0.2) is 0 Å². The molecule has 4 rings (SSSR count). The van der Waals surface area contributed by atoms with Crippen LogP contribution < -0.4 is 0 Å². The Morgan fingerprint density at radius 3 is 2.37 bits per heavy atom. The Balaban J connectivity index is 1.26. The molecule has 2 saturated heterocycles. The van der Waals surface area contributed by atoms with Crippen molar-refractivity contribution in [2.75, 3.05) is 58.9 Å². The summed E-state index contributed by atoms with van der Waals surface area (Å²) in [7, 11) is 0. The lowest BCUT2D eigenvalue weighted by molar-refractivity contribution is 0.0564. The maximum atomic E-state index is 12.8. The van der Waals surface area contributed by atoms with E-state index >= 15 is 0 Å². The average Bonchev–Trinajstić information content (AvgIpc) is 3.41. The quantitative estimate of drug-likeness (QED) is 0.778. The van der Waals surface area contributed by atoms with Crippen LogP contribution in [0.2, 0.25) is 0 Å². The summed E-state index contributed by atoms with van der Waals surface area (Å²) in [4.78, 5) is 22.1. The largest absolute Gasteiger partial charge is 0.359 e. The first-order valence-electron chi connectivity index (χ1n) is 10.7. The fourth-order valence-corrected chi connectivity index (χ4v) is 4.69. The molecule has 0 radical (unpaired) electrons. The zero-order valence-corrected chi connectivity index (χ0v) is 16.6. The van der Waals surface area contributed by atoms with E-state index < -0.39 is 0 Å². The summed E-state index contributed by atoms with van der Waals surface area (Å²) < 4.78 is 5.47. The zero-order chi connectivity index (χ0) is 18.6. The minimum absolute atomic E-state index is 0.0203. The van der Waals surface area contributed by atoms with Gasteiger partial charge in [0.1, 0.15) is 0 Å². The Morgan fingerprint density at radius 2 is 1.70 bits per heavy atom. The number of nitrogens with zero attached hydrogens (tertiary/aromatic N) is 5. The van der Waals surface area contributed by atoms with Crippen LogP contribution in [0.5, 0.6) is 0 Å². The summed E-state index contributed by atoms with van der Waals surface area (Å²) in [5, 5.41) is 4.07. The Kier molecular flexibility index (Phi) is 6.10. The highest BCUT2D eigenvalue weighted by Gasteiger charge is 2.29. The number of rotatable bonds is 5. The standard InChI is InChI=1S/C20H33N5O2/c1-2-22-7-9-23(10-8-22)16-18-15-19(21-27-18)20(26)25-13-11-24(12-14-25)17-5-3-4-6-17/h15,17H,2-14,16H2,1H3. The fourth-order valence-electron chi connectivity index (χ4n) is 4.69. The first-order valence-corrected chi connectivity index (χ1v) is 10.7. The van der Waals surface area contributed by atoms with Gasteiger partial charge in [0.2, 0.25) is 0 Å². The Morgan fingerprint density at radius 1 is 1.04 bits per heavy atom. The van der Waals surface area contributed by atoms with Crippen LogP contribution in [0.3, 0.4) is 0 Å². The van der Waals surface area contributed by atoms with Gasteiger partial charge in [-0.05, 0) is 19.4 Å². The third-order valence-corrected chi connectivity index (χ3v) is 6.51. The van der Waals surface area contributed by atoms with Crippen molar-refractivity contribution in [3.63, 3.8) is 0 Å². The van der Waals surface area contributed by atoms with Crippen molar-refractivity contribution in [1.82, 2.24) is 24.8 Å². The molecule has 0 spiro atoms. The van der Waals surface area contributed by atoms with E-state index in [1.807, 2.05) is 11.0 Å². The van der Waals surface area contributed by atoms with Gasteiger partial charge in [-0.3, -0.25) is 14.6 Å². The molecule has 2 aliphatic heterocycles. The SMILES string of the molecule is CCN1CCN(Cc2cc(C(=O)N3CCN(C4CCCC4)CC3)no2)CC1. The van der Waals surface area contributed by atoms with E-state index in [0.717, 1.165) is 77.2 Å². The Hall–Kier alpha value is -1.44. The molecule has 7 heteroatoms. The summed E-state index contributed by atoms with van der Waals surface area (Å²) in [5.74, 6) is 0.819. The molecule has 3 heterocycles. The molecule has 0 unspecified atom stereocenters. The highest BCUT2D eigenvalue weighted by atomic mass is 16.5. The van der Waals surface area contributed by atoms with Crippen LogP contribution in [0.4, 0.5) is 0 Å². The molecule has 27 heavy (non-hydrogen) atoms. The van der Waals surface area contributed by atoms with Gasteiger partial charge >= 0.3 is 0 Å². The number of carbonyl (C=O) groups excluding carboxylic acids is 1. The smallest absolute Gasteiger partial charge is 0.276 e. The number of carbonyl (C=O) groups is 1. The minimum Gasteiger partial charge on any atom is -0.359 e. The second-order valence-electron chi connectivity index (χ2n) is 8.16. The second kappa shape index (κ2) is 8.71. The highest BCUT2D eigenvalue weighted by molar-refractivity contribution is 5.92. The number of aromatic nitrogens is 1. The number of hydrogen-bond acceptors (Lipinski definition) is 6. The number of amides is 1. The van der Waals surface area contributed by atoms with Crippen LogP contribution >= 0.6 is 0 Å². The van der Waals surface area contributed by atoms with Crippen LogP contribution in [-0.4, -0.2) is 95.6 Å². The van der Waals surface area contributed by atoms with E-state index in [9.17, 15) is 4.79 Å². The van der Waals surface area contributed by atoms with Gasteiger partial charge in [0, 0.05) is 64.5 Å². The molecule has 0 N–H and O–H groups in total. The van der Waals surface area contributed by atoms with Gasteiger partial charge in [-0.2, -0.15) is 0 Å². The first kappa shape index (κ1) is 18.9. The van der Waals surface area contributed by atoms with Crippen molar-refractivity contribution >= 4 is 5.91 Å². The normalized spacial score (nSPS) is 24.0.